The molecule has 4 heteroatoms. The number of nitrogens with zero attached hydrogens (tertiary/aromatic N) is 2. The van der Waals surface area contributed by atoms with Crippen LogP contribution in [0, 0.1) is 0 Å². The molecule has 0 aliphatic carbocycles. The molecule has 1 rings (SSSR count). The molecule has 0 fully saturated rings. The van der Waals surface area contributed by atoms with E-state index in [0.717, 1.165) is 13.0 Å². The van der Waals surface area contributed by atoms with E-state index in [1.165, 1.54) is 6.20 Å². The van der Waals surface area contributed by atoms with Gasteiger partial charge in [-0.1, -0.05) is 0 Å². The number of aryl methyl sites for hydroxylation is 1. The van der Waals surface area contributed by atoms with Gasteiger partial charge in [0.25, 0.3) is 0 Å². The van der Waals surface area contributed by atoms with Crippen LogP contribution in [-0.2, 0) is 11.3 Å². The van der Waals surface area contributed by atoms with Gasteiger partial charge in [0.05, 0.1) is 18.0 Å². The summed E-state index contributed by atoms with van der Waals surface area (Å²) in [5.41, 5.74) is -0.137. The Morgan fingerprint density at radius 3 is 2.77 bits per heavy atom. The molecule has 1 N–H and O–H groups in total. The molecule has 1 aromatic heterocycles. The Labute approximate surface area is 78.1 Å². The van der Waals surface area contributed by atoms with Crippen molar-refractivity contribution in [2.24, 2.45) is 0 Å². The van der Waals surface area contributed by atoms with Crippen molar-refractivity contribution < 1.29 is 9.84 Å². The second kappa shape index (κ2) is 3.79. The van der Waals surface area contributed by atoms with Crippen LogP contribution >= 0.6 is 0 Å². The van der Waals surface area contributed by atoms with Gasteiger partial charge < -0.3 is 9.84 Å². The third-order valence-corrected chi connectivity index (χ3v) is 2.12. The van der Waals surface area contributed by atoms with Crippen molar-refractivity contribution in [1.29, 1.82) is 0 Å². The predicted octanol–water partition coefficient (Wildman–Crippen LogP) is 1.40. The Hall–Kier alpha value is -1.03. The van der Waals surface area contributed by atoms with Crippen LogP contribution in [0.5, 0.6) is 5.75 Å². The molecular weight excluding hydrogens is 168 g/mol. The molecule has 0 bridgehead atoms. The zero-order chi connectivity index (χ0) is 9.90. The van der Waals surface area contributed by atoms with Crippen molar-refractivity contribution >= 4 is 0 Å². The molecular formula is C9H16N2O2. The Kier molecular flexibility index (Phi) is 2.93. The molecule has 0 saturated heterocycles. The number of hydrogen-bond acceptors (Lipinski definition) is 3. The zero-order valence-electron chi connectivity index (χ0n) is 8.32. The average Bonchev–Trinajstić information content (AvgIpc) is 2.48. The summed E-state index contributed by atoms with van der Waals surface area (Å²) < 4.78 is 6.97. The average molecular weight is 184 g/mol. The van der Waals surface area contributed by atoms with Crippen molar-refractivity contribution in [2.45, 2.75) is 32.4 Å². The van der Waals surface area contributed by atoms with Crippen LogP contribution in [0.2, 0.25) is 0 Å². The number of aromatic nitrogens is 2. The van der Waals surface area contributed by atoms with E-state index in [1.54, 1.807) is 18.0 Å². The lowest BCUT2D eigenvalue weighted by molar-refractivity contribution is 0.0113. The summed E-state index contributed by atoms with van der Waals surface area (Å²) >= 11 is 0. The van der Waals surface area contributed by atoms with Crippen LogP contribution in [0.25, 0.3) is 0 Å². The summed E-state index contributed by atoms with van der Waals surface area (Å²) in [5, 5.41) is 13.0. The summed E-state index contributed by atoms with van der Waals surface area (Å²) in [6.45, 7) is 4.80. The third kappa shape index (κ3) is 3.06. The Balaban J connectivity index is 2.43. The summed E-state index contributed by atoms with van der Waals surface area (Å²) in [4.78, 5) is 0. The summed E-state index contributed by atoms with van der Waals surface area (Å²) in [7, 11) is 1.70. The maximum absolute atomic E-state index is 9.03. The number of hydrogen-bond donors (Lipinski definition) is 1. The van der Waals surface area contributed by atoms with Crippen molar-refractivity contribution in [3.63, 3.8) is 0 Å². The first-order valence-electron chi connectivity index (χ1n) is 4.30. The van der Waals surface area contributed by atoms with Gasteiger partial charge in [0.15, 0.2) is 5.75 Å². The first-order chi connectivity index (χ1) is 6.03. The summed E-state index contributed by atoms with van der Waals surface area (Å²) in [6, 6.07) is 0. The van der Waals surface area contributed by atoms with Crippen molar-refractivity contribution in [1.82, 2.24) is 9.78 Å². The molecule has 0 spiro atoms. The van der Waals surface area contributed by atoms with E-state index in [1.807, 2.05) is 13.8 Å². The Morgan fingerprint density at radius 2 is 2.31 bits per heavy atom. The number of aromatic hydroxyl groups is 1. The smallest absolute Gasteiger partial charge is 0.153 e. The van der Waals surface area contributed by atoms with Crippen LogP contribution < -0.4 is 0 Å². The van der Waals surface area contributed by atoms with Crippen LogP contribution in [0.4, 0.5) is 0 Å². The molecule has 0 aliphatic heterocycles. The van der Waals surface area contributed by atoms with Crippen LogP contribution in [-0.4, -0.2) is 27.6 Å². The van der Waals surface area contributed by atoms with Gasteiger partial charge in [-0.25, -0.2) is 0 Å². The molecule has 0 unspecified atom stereocenters. The molecule has 1 heterocycles. The zero-order valence-corrected chi connectivity index (χ0v) is 8.32. The van der Waals surface area contributed by atoms with Gasteiger partial charge in [-0.2, -0.15) is 5.10 Å². The fourth-order valence-corrected chi connectivity index (χ4v) is 0.961. The Bertz CT molecular complexity index is 268. The number of rotatable bonds is 4. The van der Waals surface area contributed by atoms with Gasteiger partial charge in [0.2, 0.25) is 0 Å². The van der Waals surface area contributed by atoms with E-state index in [2.05, 4.69) is 5.10 Å². The molecule has 0 aliphatic rings. The number of methoxy groups -OCH3 is 1. The second-order valence-corrected chi connectivity index (χ2v) is 3.68. The minimum Gasteiger partial charge on any atom is -0.505 e. The van der Waals surface area contributed by atoms with Crippen LogP contribution in [0.1, 0.15) is 20.3 Å². The second-order valence-electron chi connectivity index (χ2n) is 3.68. The fourth-order valence-electron chi connectivity index (χ4n) is 0.961. The van der Waals surface area contributed by atoms with Crippen molar-refractivity contribution in [3.8, 4) is 5.75 Å². The normalized spacial score (nSPS) is 11.9. The van der Waals surface area contributed by atoms with E-state index >= 15 is 0 Å². The van der Waals surface area contributed by atoms with E-state index in [0.29, 0.717) is 0 Å². The summed E-state index contributed by atoms with van der Waals surface area (Å²) in [6.07, 6.45) is 3.90. The molecule has 74 valence electrons. The molecule has 0 saturated carbocycles. The summed E-state index contributed by atoms with van der Waals surface area (Å²) in [5.74, 6) is 0.204. The lowest BCUT2D eigenvalue weighted by Crippen LogP contribution is -2.24. The quantitative estimate of drug-likeness (QED) is 0.769. The van der Waals surface area contributed by atoms with E-state index in [9.17, 15) is 0 Å². The minimum absolute atomic E-state index is 0.137. The van der Waals surface area contributed by atoms with E-state index in [4.69, 9.17) is 9.84 Å². The largest absolute Gasteiger partial charge is 0.505 e. The lowest BCUT2D eigenvalue weighted by Gasteiger charge is -2.22. The van der Waals surface area contributed by atoms with E-state index in [-0.39, 0.29) is 11.4 Å². The number of ether oxygens (including phenoxy) is 1. The predicted molar refractivity (Wildman–Crippen MR) is 49.6 cm³/mol. The van der Waals surface area contributed by atoms with Crippen molar-refractivity contribution in [2.75, 3.05) is 7.11 Å². The highest BCUT2D eigenvalue weighted by atomic mass is 16.5. The van der Waals surface area contributed by atoms with Gasteiger partial charge in [-0.15, -0.1) is 0 Å². The maximum Gasteiger partial charge on any atom is 0.153 e. The minimum atomic E-state index is -0.137. The third-order valence-electron chi connectivity index (χ3n) is 2.12. The molecule has 0 radical (unpaired) electrons. The molecule has 0 atom stereocenters. The van der Waals surface area contributed by atoms with Crippen LogP contribution in [0.15, 0.2) is 12.4 Å². The SMILES string of the molecule is COC(C)(C)CCn1cc(O)cn1. The van der Waals surface area contributed by atoms with Gasteiger partial charge in [-0.3, -0.25) is 4.68 Å². The highest BCUT2D eigenvalue weighted by Gasteiger charge is 2.15. The highest BCUT2D eigenvalue weighted by Crippen LogP contribution is 2.14. The lowest BCUT2D eigenvalue weighted by atomic mass is 10.1. The molecule has 4 nitrogen and oxygen atoms in total. The van der Waals surface area contributed by atoms with Crippen LogP contribution in [0.3, 0.4) is 0 Å². The monoisotopic (exact) mass is 184 g/mol. The Morgan fingerprint density at radius 1 is 1.62 bits per heavy atom. The fraction of sp³-hybridized carbons (Fsp3) is 0.667. The van der Waals surface area contributed by atoms with Gasteiger partial charge in [0.1, 0.15) is 0 Å². The maximum atomic E-state index is 9.03. The molecule has 13 heavy (non-hydrogen) atoms. The molecule has 0 amide bonds. The molecule has 0 aromatic carbocycles. The van der Waals surface area contributed by atoms with Gasteiger partial charge in [0, 0.05) is 13.7 Å². The van der Waals surface area contributed by atoms with E-state index < -0.39 is 0 Å². The first kappa shape index (κ1) is 10.1. The van der Waals surface area contributed by atoms with Crippen molar-refractivity contribution in [3.05, 3.63) is 12.4 Å². The van der Waals surface area contributed by atoms with Gasteiger partial charge in [-0.05, 0) is 20.3 Å². The first-order valence-corrected chi connectivity index (χ1v) is 4.30. The van der Waals surface area contributed by atoms with Gasteiger partial charge >= 0.3 is 0 Å². The topological polar surface area (TPSA) is 47.3 Å². The molecule has 1 aromatic rings. The standard InChI is InChI=1S/C9H16N2O2/c1-9(2,13-3)4-5-11-7-8(12)6-10-11/h6-7,12H,4-5H2,1-3H3. The highest BCUT2D eigenvalue weighted by molar-refractivity contribution is 5.08.